The molecule has 0 aromatic heterocycles. The van der Waals surface area contributed by atoms with Crippen LogP contribution in [0.25, 0.3) is 0 Å². The first-order valence-electron chi connectivity index (χ1n) is 6.23. The molecule has 3 heteroatoms. The van der Waals surface area contributed by atoms with E-state index in [1.165, 1.54) is 5.56 Å². The van der Waals surface area contributed by atoms with Crippen LogP contribution in [0.1, 0.15) is 29.3 Å². The van der Waals surface area contributed by atoms with Crippen LogP contribution in [0.3, 0.4) is 0 Å². The number of likely N-dealkylation sites (tertiary alicyclic amines) is 1. The number of carbonyl (C=O) groups excluding carboxylic acids is 1. The molecule has 0 bridgehead atoms. The van der Waals surface area contributed by atoms with Crippen molar-refractivity contribution in [1.29, 1.82) is 0 Å². The van der Waals surface area contributed by atoms with E-state index in [4.69, 9.17) is 5.11 Å². The predicted molar refractivity (Wildman–Crippen MR) is 66.9 cm³/mol. The van der Waals surface area contributed by atoms with Crippen molar-refractivity contribution >= 4 is 5.91 Å². The molecule has 3 nitrogen and oxygen atoms in total. The van der Waals surface area contributed by atoms with Gasteiger partial charge in [-0.3, -0.25) is 4.79 Å². The van der Waals surface area contributed by atoms with Gasteiger partial charge in [0.25, 0.3) is 5.91 Å². The molecule has 1 fully saturated rings. The molecule has 1 saturated heterocycles. The quantitative estimate of drug-likeness (QED) is 0.863. The van der Waals surface area contributed by atoms with Crippen molar-refractivity contribution in [2.45, 2.75) is 19.8 Å². The third-order valence-electron chi connectivity index (χ3n) is 3.44. The van der Waals surface area contributed by atoms with E-state index in [-0.39, 0.29) is 18.4 Å². The van der Waals surface area contributed by atoms with E-state index in [1.54, 1.807) is 0 Å². The van der Waals surface area contributed by atoms with E-state index < -0.39 is 0 Å². The standard InChI is InChI=1S/C14H19NO2/c1-2-11-3-5-13(6-4-11)14(17)15-8-7-12(9-15)10-16/h3-6,12,16H,2,7-10H2,1H3/t12-/m1/s1. The summed E-state index contributed by atoms with van der Waals surface area (Å²) in [4.78, 5) is 14.0. The summed E-state index contributed by atoms with van der Waals surface area (Å²) < 4.78 is 0. The van der Waals surface area contributed by atoms with E-state index in [9.17, 15) is 4.79 Å². The topological polar surface area (TPSA) is 40.5 Å². The van der Waals surface area contributed by atoms with Crippen molar-refractivity contribution in [2.75, 3.05) is 19.7 Å². The number of amides is 1. The smallest absolute Gasteiger partial charge is 0.253 e. The Morgan fingerprint density at radius 3 is 2.65 bits per heavy atom. The summed E-state index contributed by atoms with van der Waals surface area (Å²) >= 11 is 0. The van der Waals surface area contributed by atoms with E-state index in [0.717, 1.165) is 24.9 Å². The minimum absolute atomic E-state index is 0.0867. The van der Waals surface area contributed by atoms with Crippen molar-refractivity contribution in [3.05, 3.63) is 35.4 Å². The number of aryl methyl sites for hydroxylation is 1. The molecule has 1 aromatic carbocycles. The van der Waals surface area contributed by atoms with Crippen molar-refractivity contribution < 1.29 is 9.90 Å². The molecule has 0 radical (unpaired) electrons. The Labute approximate surface area is 102 Å². The van der Waals surface area contributed by atoms with Crippen molar-refractivity contribution in [3.63, 3.8) is 0 Å². The fourth-order valence-electron chi connectivity index (χ4n) is 2.23. The molecule has 0 aliphatic carbocycles. The normalized spacial score (nSPS) is 19.6. The molecule has 1 N–H and O–H groups in total. The molecule has 2 rings (SSSR count). The Hall–Kier alpha value is -1.35. The summed E-state index contributed by atoms with van der Waals surface area (Å²) in [5.41, 5.74) is 2.00. The molecule has 1 aliphatic rings. The zero-order valence-corrected chi connectivity index (χ0v) is 10.2. The van der Waals surface area contributed by atoms with Gasteiger partial charge in [-0.15, -0.1) is 0 Å². The molecule has 1 heterocycles. The Kier molecular flexibility index (Phi) is 3.79. The first kappa shape index (κ1) is 12.1. The van der Waals surface area contributed by atoms with Crippen LogP contribution >= 0.6 is 0 Å². The summed E-state index contributed by atoms with van der Waals surface area (Å²) in [5, 5.41) is 9.07. The lowest BCUT2D eigenvalue weighted by atomic mass is 10.1. The monoisotopic (exact) mass is 233 g/mol. The van der Waals surface area contributed by atoms with E-state index >= 15 is 0 Å². The van der Waals surface area contributed by atoms with E-state index in [0.29, 0.717) is 6.54 Å². The SMILES string of the molecule is CCc1ccc(C(=O)N2CC[C@@H](CO)C2)cc1. The average molecular weight is 233 g/mol. The first-order valence-corrected chi connectivity index (χ1v) is 6.23. The number of carbonyl (C=O) groups is 1. The number of rotatable bonds is 3. The molecule has 1 aliphatic heterocycles. The summed E-state index contributed by atoms with van der Waals surface area (Å²) in [6, 6.07) is 7.81. The highest BCUT2D eigenvalue weighted by molar-refractivity contribution is 5.94. The third kappa shape index (κ3) is 2.67. The lowest BCUT2D eigenvalue weighted by Gasteiger charge is -2.16. The molecular weight excluding hydrogens is 214 g/mol. The molecule has 0 spiro atoms. The third-order valence-corrected chi connectivity index (χ3v) is 3.44. The van der Waals surface area contributed by atoms with Gasteiger partial charge in [-0.2, -0.15) is 0 Å². The molecule has 0 saturated carbocycles. The van der Waals surface area contributed by atoms with Gasteiger partial charge in [0.2, 0.25) is 0 Å². The van der Waals surface area contributed by atoms with Gasteiger partial charge in [0, 0.05) is 31.2 Å². The Morgan fingerprint density at radius 1 is 1.41 bits per heavy atom. The zero-order chi connectivity index (χ0) is 12.3. The summed E-state index contributed by atoms with van der Waals surface area (Å²) in [5.74, 6) is 0.345. The Bertz CT molecular complexity index is 386. The van der Waals surface area contributed by atoms with Gasteiger partial charge in [-0.05, 0) is 30.5 Å². The molecule has 0 unspecified atom stereocenters. The molecular formula is C14H19NO2. The van der Waals surface area contributed by atoms with Crippen molar-refractivity contribution in [1.82, 2.24) is 4.90 Å². The minimum atomic E-state index is 0.0867. The highest BCUT2D eigenvalue weighted by Crippen LogP contribution is 2.18. The van der Waals surface area contributed by atoms with E-state index in [2.05, 4.69) is 6.92 Å². The van der Waals surface area contributed by atoms with Crippen LogP contribution in [0.15, 0.2) is 24.3 Å². The van der Waals surface area contributed by atoms with Crippen molar-refractivity contribution in [2.24, 2.45) is 5.92 Å². The van der Waals surface area contributed by atoms with Crippen LogP contribution in [-0.2, 0) is 6.42 Å². The number of nitrogens with zero attached hydrogens (tertiary/aromatic N) is 1. The highest BCUT2D eigenvalue weighted by atomic mass is 16.3. The van der Waals surface area contributed by atoms with E-state index in [1.807, 2.05) is 29.2 Å². The fourth-order valence-corrected chi connectivity index (χ4v) is 2.23. The summed E-state index contributed by atoms with van der Waals surface area (Å²) in [6.07, 6.45) is 1.90. The maximum atomic E-state index is 12.2. The van der Waals surface area contributed by atoms with Gasteiger partial charge in [0.05, 0.1) is 0 Å². The van der Waals surface area contributed by atoms with Gasteiger partial charge < -0.3 is 10.0 Å². The largest absolute Gasteiger partial charge is 0.396 e. The average Bonchev–Trinajstić information content (AvgIpc) is 2.87. The number of aliphatic hydroxyl groups excluding tert-OH is 1. The predicted octanol–water partition coefficient (Wildman–Crippen LogP) is 1.70. The summed E-state index contributed by atoms with van der Waals surface area (Å²) in [6.45, 7) is 3.73. The van der Waals surface area contributed by atoms with Crippen LogP contribution in [-0.4, -0.2) is 35.6 Å². The Morgan fingerprint density at radius 2 is 2.12 bits per heavy atom. The molecule has 1 atom stereocenters. The maximum Gasteiger partial charge on any atom is 0.253 e. The summed E-state index contributed by atoms with van der Waals surface area (Å²) in [7, 11) is 0. The molecule has 1 aromatic rings. The van der Waals surface area contributed by atoms with Crippen molar-refractivity contribution in [3.8, 4) is 0 Å². The first-order chi connectivity index (χ1) is 8.24. The Balaban J connectivity index is 2.04. The fraction of sp³-hybridized carbons (Fsp3) is 0.500. The van der Waals surface area contributed by atoms with Gasteiger partial charge in [-0.1, -0.05) is 19.1 Å². The van der Waals surface area contributed by atoms with Crippen LogP contribution in [0.5, 0.6) is 0 Å². The van der Waals surface area contributed by atoms with Gasteiger partial charge >= 0.3 is 0 Å². The van der Waals surface area contributed by atoms with Crippen LogP contribution in [0.4, 0.5) is 0 Å². The number of hydrogen-bond acceptors (Lipinski definition) is 2. The highest BCUT2D eigenvalue weighted by Gasteiger charge is 2.26. The molecule has 1 amide bonds. The lowest BCUT2D eigenvalue weighted by Crippen LogP contribution is -2.29. The number of hydrogen-bond donors (Lipinski definition) is 1. The molecule has 17 heavy (non-hydrogen) atoms. The minimum Gasteiger partial charge on any atom is -0.396 e. The van der Waals surface area contributed by atoms with Gasteiger partial charge in [0.15, 0.2) is 0 Å². The van der Waals surface area contributed by atoms with Gasteiger partial charge in [0.1, 0.15) is 0 Å². The lowest BCUT2D eigenvalue weighted by molar-refractivity contribution is 0.0782. The molecule has 92 valence electrons. The second kappa shape index (κ2) is 5.32. The second-order valence-corrected chi connectivity index (χ2v) is 4.64. The van der Waals surface area contributed by atoms with Crippen LogP contribution in [0.2, 0.25) is 0 Å². The number of aliphatic hydroxyl groups is 1. The van der Waals surface area contributed by atoms with Gasteiger partial charge in [-0.25, -0.2) is 0 Å². The van der Waals surface area contributed by atoms with Crippen LogP contribution in [0, 0.1) is 5.92 Å². The maximum absolute atomic E-state index is 12.2. The number of benzene rings is 1. The second-order valence-electron chi connectivity index (χ2n) is 4.64. The zero-order valence-electron chi connectivity index (χ0n) is 10.2. The van der Waals surface area contributed by atoms with Crippen LogP contribution < -0.4 is 0 Å².